The monoisotopic (exact) mass is 378 g/mol. The van der Waals surface area contributed by atoms with Gasteiger partial charge in [-0.05, 0) is 49.0 Å². The van der Waals surface area contributed by atoms with E-state index in [0.717, 1.165) is 25.2 Å². The number of halogens is 2. The van der Waals surface area contributed by atoms with Crippen LogP contribution in [-0.2, 0) is 6.54 Å². The van der Waals surface area contributed by atoms with E-state index in [1.807, 2.05) is 18.2 Å². The van der Waals surface area contributed by atoms with Crippen molar-refractivity contribution in [1.82, 2.24) is 4.90 Å². The SMILES string of the molecule is CCN(CC)Cc1cccc(NC(=O)c2cc(Br)ccc2F)c1. The molecule has 0 atom stereocenters. The minimum Gasteiger partial charge on any atom is -0.322 e. The lowest BCUT2D eigenvalue weighted by Gasteiger charge is -2.18. The molecule has 0 heterocycles. The highest BCUT2D eigenvalue weighted by Crippen LogP contribution is 2.18. The molecule has 0 radical (unpaired) electrons. The number of hydrogen-bond acceptors (Lipinski definition) is 2. The Morgan fingerprint density at radius 2 is 1.91 bits per heavy atom. The van der Waals surface area contributed by atoms with Gasteiger partial charge in [-0.15, -0.1) is 0 Å². The van der Waals surface area contributed by atoms with Gasteiger partial charge in [0.25, 0.3) is 5.91 Å². The van der Waals surface area contributed by atoms with Crippen molar-refractivity contribution in [1.29, 1.82) is 0 Å². The number of anilines is 1. The van der Waals surface area contributed by atoms with Crippen molar-refractivity contribution in [3.05, 3.63) is 63.9 Å². The van der Waals surface area contributed by atoms with Crippen LogP contribution in [0.3, 0.4) is 0 Å². The van der Waals surface area contributed by atoms with Gasteiger partial charge < -0.3 is 5.32 Å². The molecule has 122 valence electrons. The van der Waals surface area contributed by atoms with E-state index in [4.69, 9.17) is 0 Å². The van der Waals surface area contributed by atoms with Crippen LogP contribution in [-0.4, -0.2) is 23.9 Å². The van der Waals surface area contributed by atoms with Gasteiger partial charge in [-0.25, -0.2) is 4.39 Å². The summed E-state index contributed by atoms with van der Waals surface area (Å²) in [7, 11) is 0. The van der Waals surface area contributed by atoms with Crippen LogP contribution in [0, 0.1) is 5.82 Å². The summed E-state index contributed by atoms with van der Waals surface area (Å²) in [5.41, 5.74) is 1.80. The molecule has 2 rings (SSSR count). The van der Waals surface area contributed by atoms with E-state index in [2.05, 4.69) is 40.0 Å². The van der Waals surface area contributed by atoms with E-state index in [1.54, 1.807) is 12.1 Å². The van der Waals surface area contributed by atoms with Crippen LogP contribution in [0.25, 0.3) is 0 Å². The summed E-state index contributed by atoms with van der Waals surface area (Å²) < 4.78 is 14.4. The van der Waals surface area contributed by atoms with Crippen LogP contribution in [0.15, 0.2) is 46.9 Å². The molecule has 2 aromatic carbocycles. The molecular formula is C18H20BrFN2O. The van der Waals surface area contributed by atoms with Gasteiger partial charge in [-0.3, -0.25) is 9.69 Å². The number of carbonyl (C=O) groups excluding carboxylic acids is 1. The zero-order chi connectivity index (χ0) is 16.8. The third-order valence-electron chi connectivity index (χ3n) is 3.66. The van der Waals surface area contributed by atoms with Crippen LogP contribution in [0.5, 0.6) is 0 Å². The topological polar surface area (TPSA) is 32.3 Å². The predicted octanol–water partition coefficient (Wildman–Crippen LogP) is 4.68. The molecule has 0 saturated heterocycles. The summed E-state index contributed by atoms with van der Waals surface area (Å²) >= 11 is 3.25. The maximum absolute atomic E-state index is 13.8. The summed E-state index contributed by atoms with van der Waals surface area (Å²) in [6, 6.07) is 12.0. The fourth-order valence-electron chi connectivity index (χ4n) is 2.32. The lowest BCUT2D eigenvalue weighted by atomic mass is 10.1. The van der Waals surface area contributed by atoms with Crippen LogP contribution in [0.2, 0.25) is 0 Å². The van der Waals surface area contributed by atoms with Gasteiger partial charge in [-0.1, -0.05) is 41.9 Å². The number of rotatable bonds is 6. The third kappa shape index (κ3) is 4.88. The van der Waals surface area contributed by atoms with Crippen molar-refractivity contribution in [2.45, 2.75) is 20.4 Å². The first-order valence-electron chi connectivity index (χ1n) is 7.61. The molecule has 0 aliphatic heterocycles. The molecule has 2 aromatic rings. The van der Waals surface area contributed by atoms with Crippen molar-refractivity contribution in [2.24, 2.45) is 0 Å². The van der Waals surface area contributed by atoms with Gasteiger partial charge in [0, 0.05) is 16.7 Å². The molecule has 1 amide bonds. The van der Waals surface area contributed by atoms with E-state index < -0.39 is 11.7 Å². The molecule has 5 heteroatoms. The molecule has 0 unspecified atom stereocenters. The van der Waals surface area contributed by atoms with Gasteiger partial charge in [0.1, 0.15) is 5.82 Å². The minimum atomic E-state index is -0.537. The largest absolute Gasteiger partial charge is 0.322 e. The molecule has 0 fully saturated rings. The molecule has 0 aliphatic carbocycles. The van der Waals surface area contributed by atoms with Crippen LogP contribution < -0.4 is 5.32 Å². The smallest absolute Gasteiger partial charge is 0.258 e. The summed E-state index contributed by atoms with van der Waals surface area (Å²) in [6.45, 7) is 6.99. The highest BCUT2D eigenvalue weighted by atomic mass is 79.9. The summed E-state index contributed by atoms with van der Waals surface area (Å²) in [5, 5.41) is 2.76. The van der Waals surface area contributed by atoms with Crippen molar-refractivity contribution >= 4 is 27.5 Å². The van der Waals surface area contributed by atoms with Crippen LogP contribution >= 0.6 is 15.9 Å². The normalized spacial score (nSPS) is 10.8. The quantitative estimate of drug-likeness (QED) is 0.790. The van der Waals surface area contributed by atoms with E-state index in [9.17, 15) is 9.18 Å². The number of hydrogen-bond donors (Lipinski definition) is 1. The highest BCUT2D eigenvalue weighted by Gasteiger charge is 2.12. The van der Waals surface area contributed by atoms with Gasteiger partial charge in [0.05, 0.1) is 5.56 Å². The fraction of sp³-hybridized carbons (Fsp3) is 0.278. The Hall–Kier alpha value is -1.72. The molecule has 23 heavy (non-hydrogen) atoms. The summed E-state index contributed by atoms with van der Waals surface area (Å²) in [6.07, 6.45) is 0. The Morgan fingerprint density at radius 1 is 1.17 bits per heavy atom. The Labute approximate surface area is 144 Å². The standard InChI is InChI=1S/C18H20BrFN2O/c1-3-22(4-2)12-13-6-5-7-15(10-13)21-18(23)16-11-14(19)8-9-17(16)20/h5-11H,3-4,12H2,1-2H3,(H,21,23). The summed E-state index contributed by atoms with van der Waals surface area (Å²) in [4.78, 5) is 14.5. The molecule has 0 saturated carbocycles. The second kappa shape index (κ2) is 8.22. The summed E-state index contributed by atoms with van der Waals surface area (Å²) in [5.74, 6) is -0.992. The van der Waals surface area contributed by atoms with Crippen LogP contribution in [0.1, 0.15) is 29.8 Å². The first kappa shape index (κ1) is 17.6. The second-order valence-corrected chi connectivity index (χ2v) is 6.16. The highest BCUT2D eigenvalue weighted by molar-refractivity contribution is 9.10. The van der Waals surface area contributed by atoms with Crippen LogP contribution in [0.4, 0.5) is 10.1 Å². The van der Waals surface area contributed by atoms with E-state index >= 15 is 0 Å². The average molecular weight is 379 g/mol. The molecule has 0 aromatic heterocycles. The van der Waals surface area contributed by atoms with Crippen molar-refractivity contribution < 1.29 is 9.18 Å². The van der Waals surface area contributed by atoms with Gasteiger partial charge >= 0.3 is 0 Å². The fourth-order valence-corrected chi connectivity index (χ4v) is 2.68. The molecular weight excluding hydrogens is 359 g/mol. The lowest BCUT2D eigenvalue weighted by Crippen LogP contribution is -2.22. The molecule has 3 nitrogen and oxygen atoms in total. The number of nitrogens with zero attached hydrogens (tertiary/aromatic N) is 1. The van der Waals surface area contributed by atoms with Crippen molar-refractivity contribution in [3.63, 3.8) is 0 Å². The zero-order valence-electron chi connectivity index (χ0n) is 13.3. The average Bonchev–Trinajstić information content (AvgIpc) is 2.55. The maximum atomic E-state index is 13.8. The zero-order valence-corrected chi connectivity index (χ0v) is 14.9. The number of benzene rings is 2. The number of carbonyl (C=O) groups is 1. The number of nitrogens with one attached hydrogen (secondary N) is 1. The van der Waals surface area contributed by atoms with E-state index in [1.165, 1.54) is 12.1 Å². The van der Waals surface area contributed by atoms with E-state index in [-0.39, 0.29) is 5.56 Å². The molecule has 0 bridgehead atoms. The van der Waals surface area contributed by atoms with Gasteiger partial charge in [0.2, 0.25) is 0 Å². The lowest BCUT2D eigenvalue weighted by molar-refractivity contribution is 0.102. The Kier molecular flexibility index (Phi) is 6.30. The van der Waals surface area contributed by atoms with Crippen molar-refractivity contribution in [3.8, 4) is 0 Å². The first-order valence-corrected chi connectivity index (χ1v) is 8.40. The van der Waals surface area contributed by atoms with Crippen molar-refractivity contribution in [2.75, 3.05) is 18.4 Å². The first-order chi connectivity index (χ1) is 11.0. The maximum Gasteiger partial charge on any atom is 0.258 e. The molecule has 0 aliphatic rings. The Morgan fingerprint density at radius 3 is 2.61 bits per heavy atom. The van der Waals surface area contributed by atoms with Gasteiger partial charge in [0.15, 0.2) is 0 Å². The van der Waals surface area contributed by atoms with E-state index in [0.29, 0.717) is 10.2 Å². The third-order valence-corrected chi connectivity index (χ3v) is 4.15. The Balaban J connectivity index is 2.13. The second-order valence-electron chi connectivity index (χ2n) is 5.24. The molecule has 0 spiro atoms. The number of amides is 1. The Bertz CT molecular complexity index is 686. The predicted molar refractivity (Wildman–Crippen MR) is 95.1 cm³/mol. The van der Waals surface area contributed by atoms with Gasteiger partial charge in [-0.2, -0.15) is 0 Å². The minimum absolute atomic E-state index is 0.0218. The molecule has 1 N–H and O–H groups in total.